The minimum atomic E-state index is -0.707. The quantitative estimate of drug-likeness (QED) is 0.815. The van der Waals surface area contributed by atoms with Crippen LogP contribution in [0.4, 0.5) is 0 Å². The third-order valence-corrected chi connectivity index (χ3v) is 1.81. The SMILES string of the molecule is Cl.Cl.Cl.O=C(O)CN1CCCCC1. The fraction of sp³-hybridized carbons (Fsp3) is 0.857. The summed E-state index contributed by atoms with van der Waals surface area (Å²) in [5, 5.41) is 8.42. The highest BCUT2D eigenvalue weighted by Crippen LogP contribution is 2.07. The molecule has 6 heteroatoms. The van der Waals surface area contributed by atoms with E-state index in [1.54, 1.807) is 0 Å². The molecule has 0 aromatic heterocycles. The minimum Gasteiger partial charge on any atom is -0.480 e. The highest BCUT2D eigenvalue weighted by molar-refractivity contribution is 5.86. The molecule has 0 atom stereocenters. The normalized spacial score (nSPS) is 16.0. The average molecular weight is 253 g/mol. The van der Waals surface area contributed by atoms with Gasteiger partial charge in [0.2, 0.25) is 0 Å². The summed E-state index contributed by atoms with van der Waals surface area (Å²) in [4.78, 5) is 12.2. The van der Waals surface area contributed by atoms with E-state index in [2.05, 4.69) is 0 Å². The van der Waals surface area contributed by atoms with Crippen LogP contribution in [0.1, 0.15) is 19.3 Å². The fourth-order valence-electron chi connectivity index (χ4n) is 1.31. The lowest BCUT2D eigenvalue weighted by molar-refractivity contribution is -0.138. The summed E-state index contributed by atoms with van der Waals surface area (Å²) in [6.07, 6.45) is 3.58. The number of piperidine rings is 1. The van der Waals surface area contributed by atoms with E-state index in [0.29, 0.717) is 0 Å². The Bertz CT molecular complexity index is 129. The maximum absolute atomic E-state index is 10.2. The Kier molecular flexibility index (Phi) is 15.1. The number of carboxylic acids is 1. The van der Waals surface area contributed by atoms with Crippen molar-refractivity contribution in [3.8, 4) is 0 Å². The zero-order chi connectivity index (χ0) is 7.40. The van der Waals surface area contributed by atoms with Gasteiger partial charge in [-0.1, -0.05) is 6.42 Å². The third kappa shape index (κ3) is 8.63. The number of carboxylic acid groups (broad SMARTS) is 1. The number of carbonyl (C=O) groups is 1. The van der Waals surface area contributed by atoms with Crippen molar-refractivity contribution < 1.29 is 9.90 Å². The first-order chi connectivity index (χ1) is 4.79. The van der Waals surface area contributed by atoms with Crippen LogP contribution in [0.25, 0.3) is 0 Å². The van der Waals surface area contributed by atoms with Crippen LogP contribution in [0.2, 0.25) is 0 Å². The van der Waals surface area contributed by atoms with Crippen LogP contribution >= 0.6 is 37.2 Å². The Morgan fingerprint density at radius 2 is 1.54 bits per heavy atom. The second-order valence-corrected chi connectivity index (χ2v) is 2.73. The second kappa shape index (κ2) is 10.4. The molecule has 13 heavy (non-hydrogen) atoms. The van der Waals surface area contributed by atoms with Gasteiger partial charge in [-0.25, -0.2) is 0 Å². The molecule has 0 saturated carbocycles. The molecule has 0 aromatic rings. The molecule has 1 heterocycles. The molecule has 1 aliphatic rings. The van der Waals surface area contributed by atoms with Crippen LogP contribution in [-0.4, -0.2) is 35.6 Å². The molecule has 0 amide bonds. The summed E-state index contributed by atoms with van der Waals surface area (Å²) in [5.41, 5.74) is 0. The molecule has 1 rings (SSSR count). The lowest BCUT2D eigenvalue weighted by Crippen LogP contribution is -2.34. The Morgan fingerprint density at radius 1 is 1.08 bits per heavy atom. The van der Waals surface area contributed by atoms with Crippen LogP contribution in [0.15, 0.2) is 0 Å². The van der Waals surface area contributed by atoms with Gasteiger partial charge in [0, 0.05) is 0 Å². The van der Waals surface area contributed by atoms with Crippen LogP contribution in [0.3, 0.4) is 0 Å². The van der Waals surface area contributed by atoms with E-state index in [1.165, 1.54) is 6.42 Å². The largest absolute Gasteiger partial charge is 0.480 e. The summed E-state index contributed by atoms with van der Waals surface area (Å²) in [5.74, 6) is -0.707. The van der Waals surface area contributed by atoms with E-state index in [9.17, 15) is 4.79 Å². The summed E-state index contributed by atoms with van der Waals surface area (Å²) < 4.78 is 0. The Balaban J connectivity index is -0.000000333. The van der Waals surface area contributed by atoms with Gasteiger partial charge in [-0.3, -0.25) is 9.69 Å². The molecule has 0 bridgehead atoms. The van der Waals surface area contributed by atoms with Crippen molar-refractivity contribution in [3.05, 3.63) is 0 Å². The molecule has 0 aliphatic carbocycles. The zero-order valence-corrected chi connectivity index (χ0v) is 9.72. The van der Waals surface area contributed by atoms with Gasteiger partial charge in [0.15, 0.2) is 0 Å². The lowest BCUT2D eigenvalue weighted by Gasteiger charge is -2.24. The van der Waals surface area contributed by atoms with Crippen LogP contribution in [-0.2, 0) is 4.79 Å². The Hall–Kier alpha value is 0.300. The summed E-state index contributed by atoms with van der Waals surface area (Å²) in [6.45, 7) is 2.15. The molecular formula is C7H16Cl3NO2. The number of likely N-dealkylation sites (tertiary alicyclic amines) is 1. The summed E-state index contributed by atoms with van der Waals surface area (Å²) in [6, 6.07) is 0. The topological polar surface area (TPSA) is 40.5 Å². The van der Waals surface area contributed by atoms with Gasteiger partial charge in [0.1, 0.15) is 0 Å². The van der Waals surface area contributed by atoms with E-state index >= 15 is 0 Å². The van der Waals surface area contributed by atoms with Gasteiger partial charge in [-0.05, 0) is 25.9 Å². The van der Waals surface area contributed by atoms with E-state index < -0.39 is 5.97 Å². The lowest BCUT2D eigenvalue weighted by atomic mass is 10.1. The zero-order valence-electron chi connectivity index (χ0n) is 7.27. The van der Waals surface area contributed by atoms with Gasteiger partial charge in [-0.15, -0.1) is 37.2 Å². The molecule has 1 N–H and O–H groups in total. The molecule has 3 nitrogen and oxygen atoms in total. The predicted octanol–water partition coefficient (Wildman–Crippen LogP) is 1.82. The first-order valence-electron chi connectivity index (χ1n) is 3.73. The maximum atomic E-state index is 10.2. The molecule has 0 radical (unpaired) electrons. The number of aliphatic carboxylic acids is 1. The number of hydrogen-bond donors (Lipinski definition) is 1. The predicted molar refractivity (Wildman–Crippen MR) is 59.7 cm³/mol. The van der Waals surface area contributed by atoms with Crippen molar-refractivity contribution in [1.29, 1.82) is 0 Å². The van der Waals surface area contributed by atoms with Crippen molar-refractivity contribution in [2.24, 2.45) is 0 Å². The molecule has 0 spiro atoms. The standard InChI is InChI=1S/C7H13NO2.3ClH/c9-7(10)6-8-4-2-1-3-5-8;;;/h1-6H2,(H,9,10);3*1H. The summed E-state index contributed by atoms with van der Waals surface area (Å²) in [7, 11) is 0. The number of nitrogens with zero attached hydrogens (tertiary/aromatic N) is 1. The Labute approximate surface area is 97.1 Å². The van der Waals surface area contributed by atoms with Gasteiger partial charge < -0.3 is 5.11 Å². The first kappa shape index (κ1) is 19.0. The smallest absolute Gasteiger partial charge is 0.317 e. The van der Waals surface area contributed by atoms with Crippen LogP contribution < -0.4 is 0 Å². The maximum Gasteiger partial charge on any atom is 0.317 e. The number of halogens is 3. The van der Waals surface area contributed by atoms with Gasteiger partial charge in [-0.2, -0.15) is 0 Å². The van der Waals surface area contributed by atoms with E-state index in [0.717, 1.165) is 25.9 Å². The minimum absolute atomic E-state index is 0. The molecule has 1 aliphatic heterocycles. The highest BCUT2D eigenvalue weighted by Gasteiger charge is 2.11. The van der Waals surface area contributed by atoms with Crippen molar-refractivity contribution in [1.82, 2.24) is 4.90 Å². The molecule has 1 saturated heterocycles. The number of rotatable bonds is 2. The van der Waals surface area contributed by atoms with Crippen molar-refractivity contribution in [2.75, 3.05) is 19.6 Å². The van der Waals surface area contributed by atoms with Gasteiger partial charge in [0.25, 0.3) is 0 Å². The van der Waals surface area contributed by atoms with Crippen LogP contribution in [0, 0.1) is 0 Å². The third-order valence-electron chi connectivity index (χ3n) is 1.81. The molecule has 82 valence electrons. The van der Waals surface area contributed by atoms with Gasteiger partial charge in [0.05, 0.1) is 6.54 Å². The number of hydrogen-bond acceptors (Lipinski definition) is 2. The fourth-order valence-corrected chi connectivity index (χ4v) is 1.31. The molecule has 1 fully saturated rings. The van der Waals surface area contributed by atoms with E-state index in [1.807, 2.05) is 4.90 Å². The van der Waals surface area contributed by atoms with Gasteiger partial charge >= 0.3 is 5.97 Å². The highest BCUT2D eigenvalue weighted by atomic mass is 35.5. The average Bonchev–Trinajstić information content (AvgIpc) is 1.88. The molecule has 0 unspecified atom stereocenters. The monoisotopic (exact) mass is 251 g/mol. The van der Waals surface area contributed by atoms with Crippen molar-refractivity contribution >= 4 is 43.2 Å². The first-order valence-corrected chi connectivity index (χ1v) is 3.73. The van der Waals surface area contributed by atoms with E-state index in [-0.39, 0.29) is 43.8 Å². The van der Waals surface area contributed by atoms with Crippen molar-refractivity contribution in [3.63, 3.8) is 0 Å². The van der Waals surface area contributed by atoms with Crippen LogP contribution in [0.5, 0.6) is 0 Å². The summed E-state index contributed by atoms with van der Waals surface area (Å²) >= 11 is 0. The second-order valence-electron chi connectivity index (χ2n) is 2.73. The molecular weight excluding hydrogens is 236 g/mol. The Morgan fingerprint density at radius 3 is 1.92 bits per heavy atom. The molecule has 0 aromatic carbocycles. The van der Waals surface area contributed by atoms with Crippen molar-refractivity contribution in [2.45, 2.75) is 19.3 Å². The van der Waals surface area contributed by atoms with E-state index in [4.69, 9.17) is 5.11 Å².